The van der Waals surface area contributed by atoms with E-state index < -0.39 is 0 Å². The molecule has 0 unspecified atom stereocenters. The van der Waals surface area contributed by atoms with Gasteiger partial charge in [-0.15, -0.1) is 0 Å². The lowest BCUT2D eigenvalue weighted by atomic mass is 10.2. The molecular formula is C16H20N4O. The van der Waals surface area contributed by atoms with E-state index in [0.717, 1.165) is 18.8 Å². The van der Waals surface area contributed by atoms with Crippen LogP contribution in [0.15, 0.2) is 47.7 Å². The summed E-state index contributed by atoms with van der Waals surface area (Å²) in [5.41, 5.74) is 4.49. The molecule has 2 N–H and O–H groups in total. The van der Waals surface area contributed by atoms with Gasteiger partial charge in [-0.05, 0) is 38.1 Å². The molecule has 0 saturated carbocycles. The molecule has 0 amide bonds. The molecule has 5 heteroatoms. The first-order valence-corrected chi connectivity index (χ1v) is 7.02. The smallest absolute Gasteiger partial charge is 0.146 e. The van der Waals surface area contributed by atoms with Crippen molar-refractivity contribution < 1.29 is 5.11 Å². The number of anilines is 2. The first kappa shape index (κ1) is 14.8. The molecule has 1 aromatic carbocycles. The van der Waals surface area contributed by atoms with E-state index in [1.807, 2.05) is 30.3 Å². The lowest BCUT2D eigenvalue weighted by molar-refractivity contribution is 0.474. The fourth-order valence-corrected chi connectivity index (χ4v) is 2.02. The van der Waals surface area contributed by atoms with Gasteiger partial charge in [-0.3, -0.25) is 5.43 Å². The number of pyridine rings is 1. The van der Waals surface area contributed by atoms with E-state index >= 15 is 0 Å². The molecule has 2 aromatic rings. The number of aromatic nitrogens is 1. The Morgan fingerprint density at radius 1 is 1.24 bits per heavy atom. The minimum absolute atomic E-state index is 0.214. The average Bonchev–Trinajstić information content (AvgIpc) is 2.51. The van der Waals surface area contributed by atoms with E-state index in [0.29, 0.717) is 11.4 Å². The topological polar surface area (TPSA) is 60.8 Å². The number of hydrazone groups is 1. The van der Waals surface area contributed by atoms with Gasteiger partial charge in [0, 0.05) is 36.6 Å². The number of phenols is 1. The summed E-state index contributed by atoms with van der Waals surface area (Å²) in [7, 11) is 0. The van der Waals surface area contributed by atoms with E-state index in [4.69, 9.17) is 0 Å². The van der Waals surface area contributed by atoms with Crippen LogP contribution in [0, 0.1) is 0 Å². The molecule has 0 fully saturated rings. The van der Waals surface area contributed by atoms with Crippen LogP contribution in [0.5, 0.6) is 5.75 Å². The summed E-state index contributed by atoms with van der Waals surface area (Å²) in [5.74, 6) is 0.874. The lowest BCUT2D eigenvalue weighted by Crippen LogP contribution is -2.21. The van der Waals surface area contributed by atoms with E-state index in [1.54, 1.807) is 18.5 Å². The molecular weight excluding hydrogens is 264 g/mol. The number of nitrogens with one attached hydrogen (secondary N) is 1. The van der Waals surface area contributed by atoms with Gasteiger partial charge in [0.15, 0.2) is 0 Å². The fourth-order valence-electron chi connectivity index (χ4n) is 2.02. The highest BCUT2D eigenvalue weighted by atomic mass is 16.3. The molecule has 1 aromatic heterocycles. The van der Waals surface area contributed by atoms with Crippen molar-refractivity contribution in [3.63, 3.8) is 0 Å². The third-order valence-corrected chi connectivity index (χ3v) is 3.19. The Kier molecular flexibility index (Phi) is 5.15. The van der Waals surface area contributed by atoms with Crippen LogP contribution in [-0.4, -0.2) is 29.4 Å². The van der Waals surface area contributed by atoms with Crippen LogP contribution < -0.4 is 10.3 Å². The molecule has 5 nitrogen and oxygen atoms in total. The van der Waals surface area contributed by atoms with Gasteiger partial charge in [-0.1, -0.05) is 6.07 Å². The van der Waals surface area contributed by atoms with Crippen molar-refractivity contribution in [1.82, 2.24) is 4.98 Å². The van der Waals surface area contributed by atoms with Crippen LogP contribution in [0.1, 0.15) is 19.4 Å². The molecule has 0 spiro atoms. The standard InChI is InChI=1S/C16H20N4O/c1-3-20(4-2)14-9-8-13(15(21)11-14)12-18-19-16-7-5-6-10-17-16/h5-12,21H,3-4H2,1-2H3,(H,17,19)/b18-12+. The number of hydrogen-bond acceptors (Lipinski definition) is 5. The van der Waals surface area contributed by atoms with Gasteiger partial charge in [0.25, 0.3) is 0 Å². The van der Waals surface area contributed by atoms with Crippen LogP contribution in [-0.2, 0) is 0 Å². The summed E-state index contributed by atoms with van der Waals surface area (Å²) in [4.78, 5) is 6.27. The van der Waals surface area contributed by atoms with Crippen molar-refractivity contribution in [2.45, 2.75) is 13.8 Å². The van der Waals surface area contributed by atoms with Crippen LogP contribution in [0.2, 0.25) is 0 Å². The number of phenolic OH excluding ortho intramolecular Hbond substituents is 1. The number of aromatic hydroxyl groups is 1. The maximum atomic E-state index is 10.1. The highest BCUT2D eigenvalue weighted by Crippen LogP contribution is 2.23. The summed E-state index contributed by atoms with van der Waals surface area (Å²) in [6.07, 6.45) is 3.27. The van der Waals surface area contributed by atoms with Crippen molar-refractivity contribution in [3.8, 4) is 5.75 Å². The lowest BCUT2D eigenvalue weighted by Gasteiger charge is -2.21. The monoisotopic (exact) mass is 284 g/mol. The highest BCUT2D eigenvalue weighted by molar-refractivity contribution is 5.84. The number of hydrogen-bond donors (Lipinski definition) is 2. The van der Waals surface area contributed by atoms with E-state index in [1.165, 1.54) is 0 Å². The van der Waals surface area contributed by atoms with Gasteiger partial charge >= 0.3 is 0 Å². The first-order chi connectivity index (χ1) is 10.2. The molecule has 2 rings (SSSR count). The second-order valence-corrected chi connectivity index (χ2v) is 4.50. The minimum Gasteiger partial charge on any atom is -0.507 e. The molecule has 0 aliphatic carbocycles. The minimum atomic E-state index is 0.214. The predicted octanol–water partition coefficient (Wildman–Crippen LogP) is 3.08. The summed E-state index contributed by atoms with van der Waals surface area (Å²) in [6, 6.07) is 11.1. The van der Waals surface area contributed by atoms with E-state index in [2.05, 4.69) is 34.3 Å². The van der Waals surface area contributed by atoms with Crippen LogP contribution in [0.4, 0.5) is 11.5 Å². The summed E-state index contributed by atoms with van der Waals surface area (Å²) < 4.78 is 0. The predicted molar refractivity (Wildman–Crippen MR) is 87.1 cm³/mol. The van der Waals surface area contributed by atoms with Crippen LogP contribution in [0.3, 0.4) is 0 Å². The normalized spacial score (nSPS) is 10.8. The quantitative estimate of drug-likeness (QED) is 0.632. The molecule has 0 radical (unpaired) electrons. The van der Waals surface area contributed by atoms with Crippen molar-refractivity contribution in [2.75, 3.05) is 23.4 Å². The summed E-state index contributed by atoms with van der Waals surface area (Å²) >= 11 is 0. The van der Waals surface area contributed by atoms with Gasteiger partial charge in [0.1, 0.15) is 11.6 Å². The zero-order chi connectivity index (χ0) is 15.1. The Bertz CT molecular complexity index is 594. The van der Waals surface area contributed by atoms with Crippen molar-refractivity contribution in [2.24, 2.45) is 5.10 Å². The molecule has 21 heavy (non-hydrogen) atoms. The van der Waals surface area contributed by atoms with Crippen LogP contribution >= 0.6 is 0 Å². The average molecular weight is 284 g/mol. The van der Waals surface area contributed by atoms with Crippen molar-refractivity contribution in [3.05, 3.63) is 48.2 Å². The maximum absolute atomic E-state index is 10.1. The second kappa shape index (κ2) is 7.28. The largest absolute Gasteiger partial charge is 0.507 e. The molecule has 0 aliphatic heterocycles. The Hall–Kier alpha value is -2.56. The van der Waals surface area contributed by atoms with E-state index in [9.17, 15) is 5.11 Å². The second-order valence-electron chi connectivity index (χ2n) is 4.50. The highest BCUT2D eigenvalue weighted by Gasteiger charge is 2.05. The van der Waals surface area contributed by atoms with Gasteiger partial charge in [-0.2, -0.15) is 5.10 Å². The Balaban J connectivity index is 2.07. The number of rotatable bonds is 6. The maximum Gasteiger partial charge on any atom is 0.146 e. The summed E-state index contributed by atoms with van der Waals surface area (Å²) in [6.45, 7) is 5.99. The van der Waals surface area contributed by atoms with E-state index in [-0.39, 0.29) is 5.75 Å². The zero-order valence-electron chi connectivity index (χ0n) is 12.3. The van der Waals surface area contributed by atoms with Gasteiger partial charge in [0.05, 0.1) is 6.21 Å². The molecule has 0 bridgehead atoms. The Labute approximate surface area is 125 Å². The van der Waals surface area contributed by atoms with Gasteiger partial charge in [0.2, 0.25) is 0 Å². The SMILES string of the molecule is CCN(CC)c1ccc(/C=N/Nc2ccccn2)c(O)c1. The third-order valence-electron chi connectivity index (χ3n) is 3.19. The molecule has 1 heterocycles. The van der Waals surface area contributed by atoms with Gasteiger partial charge in [-0.25, -0.2) is 4.98 Å². The van der Waals surface area contributed by atoms with Crippen molar-refractivity contribution in [1.29, 1.82) is 0 Å². The Morgan fingerprint density at radius 2 is 2.05 bits per heavy atom. The number of nitrogens with zero attached hydrogens (tertiary/aromatic N) is 3. The molecule has 0 atom stereocenters. The van der Waals surface area contributed by atoms with Crippen LogP contribution in [0.25, 0.3) is 0 Å². The Morgan fingerprint density at radius 3 is 2.67 bits per heavy atom. The molecule has 110 valence electrons. The molecule has 0 saturated heterocycles. The first-order valence-electron chi connectivity index (χ1n) is 7.02. The fraction of sp³-hybridized carbons (Fsp3) is 0.250. The molecule has 0 aliphatic rings. The van der Waals surface area contributed by atoms with Gasteiger partial charge < -0.3 is 10.0 Å². The summed E-state index contributed by atoms with van der Waals surface area (Å²) in [5, 5.41) is 14.1. The zero-order valence-corrected chi connectivity index (χ0v) is 12.3. The third kappa shape index (κ3) is 3.95. The van der Waals surface area contributed by atoms with Crippen molar-refractivity contribution >= 4 is 17.7 Å². The number of benzene rings is 1.